The van der Waals surface area contributed by atoms with Crippen LogP contribution in [0.1, 0.15) is 18.4 Å². The highest BCUT2D eigenvalue weighted by Gasteiger charge is 2.12. The molecule has 2 aromatic heterocycles. The van der Waals surface area contributed by atoms with Crippen LogP contribution < -0.4 is 10.1 Å². The predicted octanol–water partition coefficient (Wildman–Crippen LogP) is 4.37. The number of imidazole rings is 1. The van der Waals surface area contributed by atoms with Crippen molar-refractivity contribution in [3.8, 4) is 17.0 Å². The molecule has 0 aliphatic rings. The molecule has 0 fully saturated rings. The zero-order valence-corrected chi connectivity index (χ0v) is 16.2. The number of ether oxygens (including phenoxy) is 1. The third-order valence-corrected chi connectivity index (χ3v) is 4.72. The molecule has 1 N–H and O–H groups in total. The summed E-state index contributed by atoms with van der Waals surface area (Å²) in [5.74, 6) is 1.21. The SMILES string of the molecule is COc1ccc(-c2cn3cccnc3n2)cc1NC(=O)CCCc1ccccc1. The van der Waals surface area contributed by atoms with Crippen LogP contribution in [-0.4, -0.2) is 27.4 Å². The van der Waals surface area contributed by atoms with E-state index in [0.29, 0.717) is 23.6 Å². The van der Waals surface area contributed by atoms with E-state index >= 15 is 0 Å². The maximum atomic E-state index is 12.5. The van der Waals surface area contributed by atoms with E-state index < -0.39 is 0 Å². The number of fused-ring (bicyclic) bond motifs is 1. The first-order valence-corrected chi connectivity index (χ1v) is 9.55. The summed E-state index contributed by atoms with van der Waals surface area (Å²) >= 11 is 0. The van der Waals surface area contributed by atoms with Crippen molar-refractivity contribution < 1.29 is 9.53 Å². The van der Waals surface area contributed by atoms with Crippen LogP contribution in [-0.2, 0) is 11.2 Å². The lowest BCUT2D eigenvalue weighted by Crippen LogP contribution is -2.12. The molecule has 4 rings (SSSR count). The van der Waals surface area contributed by atoms with Crippen molar-refractivity contribution in [2.75, 3.05) is 12.4 Å². The van der Waals surface area contributed by atoms with Gasteiger partial charge in [-0.15, -0.1) is 0 Å². The summed E-state index contributed by atoms with van der Waals surface area (Å²) < 4.78 is 7.28. The fraction of sp³-hybridized carbons (Fsp3) is 0.174. The molecule has 0 saturated carbocycles. The van der Waals surface area contributed by atoms with Gasteiger partial charge in [-0.05, 0) is 42.7 Å². The molecular formula is C23H22N4O2. The Morgan fingerprint density at radius 1 is 1.14 bits per heavy atom. The number of benzene rings is 2. The third kappa shape index (κ3) is 4.43. The average molecular weight is 386 g/mol. The van der Waals surface area contributed by atoms with E-state index in [-0.39, 0.29) is 5.91 Å². The number of hydrogen-bond donors (Lipinski definition) is 1. The Bertz CT molecular complexity index is 1090. The number of rotatable bonds is 7. The minimum atomic E-state index is -0.0342. The summed E-state index contributed by atoms with van der Waals surface area (Å²) in [5.41, 5.74) is 3.54. The largest absolute Gasteiger partial charge is 0.495 e. The summed E-state index contributed by atoms with van der Waals surface area (Å²) in [6, 6.07) is 17.7. The smallest absolute Gasteiger partial charge is 0.234 e. The molecule has 2 aromatic carbocycles. The molecule has 0 aliphatic carbocycles. The lowest BCUT2D eigenvalue weighted by molar-refractivity contribution is -0.116. The predicted molar refractivity (Wildman–Crippen MR) is 113 cm³/mol. The number of anilines is 1. The molecule has 0 atom stereocenters. The van der Waals surface area contributed by atoms with Gasteiger partial charge in [-0.25, -0.2) is 9.97 Å². The number of nitrogens with zero attached hydrogens (tertiary/aromatic N) is 3. The summed E-state index contributed by atoms with van der Waals surface area (Å²) in [6.07, 6.45) is 7.63. The van der Waals surface area contributed by atoms with Crippen LogP contribution in [0.5, 0.6) is 5.75 Å². The minimum Gasteiger partial charge on any atom is -0.495 e. The standard InChI is InChI=1S/C23H22N4O2/c1-29-21-12-11-18(20-16-27-14-6-13-24-23(27)26-20)15-19(21)25-22(28)10-5-9-17-7-3-2-4-8-17/h2-4,6-8,11-16H,5,9-10H2,1H3,(H,25,28). The quantitative estimate of drug-likeness (QED) is 0.512. The Labute approximate surface area is 169 Å². The van der Waals surface area contributed by atoms with Gasteiger partial charge in [0.05, 0.1) is 18.5 Å². The Balaban J connectivity index is 1.47. The van der Waals surface area contributed by atoms with Crippen LogP contribution in [0, 0.1) is 0 Å². The second-order valence-corrected chi connectivity index (χ2v) is 6.76. The highest BCUT2D eigenvalue weighted by atomic mass is 16.5. The molecule has 0 aliphatic heterocycles. The van der Waals surface area contributed by atoms with E-state index in [9.17, 15) is 4.79 Å². The number of hydrogen-bond acceptors (Lipinski definition) is 4. The average Bonchev–Trinajstić information content (AvgIpc) is 3.19. The van der Waals surface area contributed by atoms with E-state index in [2.05, 4.69) is 27.4 Å². The molecule has 0 unspecified atom stereocenters. The summed E-state index contributed by atoms with van der Waals surface area (Å²) in [6.45, 7) is 0. The third-order valence-electron chi connectivity index (χ3n) is 4.72. The van der Waals surface area contributed by atoms with E-state index in [1.165, 1.54) is 5.56 Å². The number of carbonyl (C=O) groups excluding carboxylic acids is 1. The molecule has 146 valence electrons. The van der Waals surface area contributed by atoms with Gasteiger partial charge in [0.15, 0.2) is 0 Å². The van der Waals surface area contributed by atoms with Gasteiger partial charge >= 0.3 is 0 Å². The van der Waals surface area contributed by atoms with Gasteiger partial charge in [0, 0.05) is 30.6 Å². The minimum absolute atomic E-state index is 0.0342. The van der Waals surface area contributed by atoms with Crippen LogP contribution in [0.3, 0.4) is 0 Å². The van der Waals surface area contributed by atoms with Crippen molar-refractivity contribution in [2.24, 2.45) is 0 Å². The van der Waals surface area contributed by atoms with Gasteiger partial charge < -0.3 is 10.1 Å². The van der Waals surface area contributed by atoms with Crippen molar-refractivity contribution in [3.63, 3.8) is 0 Å². The molecule has 6 nitrogen and oxygen atoms in total. The Morgan fingerprint density at radius 2 is 2.00 bits per heavy atom. The summed E-state index contributed by atoms with van der Waals surface area (Å²) in [7, 11) is 1.59. The topological polar surface area (TPSA) is 68.5 Å². The molecule has 0 spiro atoms. The lowest BCUT2D eigenvalue weighted by atomic mass is 10.1. The van der Waals surface area contributed by atoms with Crippen LogP contribution in [0.4, 0.5) is 5.69 Å². The summed E-state index contributed by atoms with van der Waals surface area (Å²) in [5, 5.41) is 2.98. The number of methoxy groups -OCH3 is 1. The van der Waals surface area contributed by atoms with Gasteiger partial charge in [-0.2, -0.15) is 0 Å². The van der Waals surface area contributed by atoms with Gasteiger partial charge in [0.2, 0.25) is 11.7 Å². The molecular weight excluding hydrogens is 364 g/mol. The van der Waals surface area contributed by atoms with E-state index in [4.69, 9.17) is 4.74 Å². The van der Waals surface area contributed by atoms with Gasteiger partial charge in [-0.1, -0.05) is 30.3 Å². The molecule has 0 saturated heterocycles. The second kappa shape index (κ2) is 8.56. The molecule has 6 heteroatoms. The molecule has 4 aromatic rings. The second-order valence-electron chi connectivity index (χ2n) is 6.76. The van der Waals surface area contributed by atoms with E-state index in [0.717, 1.165) is 24.1 Å². The fourth-order valence-corrected chi connectivity index (χ4v) is 3.24. The number of amides is 1. The molecule has 2 heterocycles. The molecule has 29 heavy (non-hydrogen) atoms. The van der Waals surface area contributed by atoms with Gasteiger partial charge in [-0.3, -0.25) is 9.20 Å². The molecule has 1 amide bonds. The fourth-order valence-electron chi connectivity index (χ4n) is 3.24. The van der Waals surface area contributed by atoms with Crippen LogP contribution in [0.2, 0.25) is 0 Å². The molecule has 0 radical (unpaired) electrons. The number of carbonyl (C=O) groups is 1. The Kier molecular flexibility index (Phi) is 5.52. The van der Waals surface area contributed by atoms with Crippen LogP contribution in [0.15, 0.2) is 73.2 Å². The highest BCUT2D eigenvalue weighted by Crippen LogP contribution is 2.30. The van der Waals surface area contributed by atoms with Crippen molar-refractivity contribution in [1.29, 1.82) is 0 Å². The van der Waals surface area contributed by atoms with Crippen molar-refractivity contribution in [3.05, 3.63) is 78.8 Å². The zero-order valence-electron chi connectivity index (χ0n) is 16.2. The first kappa shape index (κ1) is 18.7. The lowest BCUT2D eigenvalue weighted by Gasteiger charge is -2.11. The van der Waals surface area contributed by atoms with Crippen molar-refractivity contribution >= 4 is 17.4 Å². The molecule has 0 bridgehead atoms. The van der Waals surface area contributed by atoms with E-state index in [1.54, 1.807) is 13.3 Å². The Morgan fingerprint density at radius 3 is 2.79 bits per heavy atom. The summed E-state index contributed by atoms with van der Waals surface area (Å²) in [4.78, 5) is 21.3. The van der Waals surface area contributed by atoms with Gasteiger partial charge in [0.1, 0.15) is 5.75 Å². The van der Waals surface area contributed by atoms with Crippen LogP contribution >= 0.6 is 0 Å². The first-order valence-electron chi connectivity index (χ1n) is 9.55. The first-order chi connectivity index (χ1) is 14.2. The van der Waals surface area contributed by atoms with Crippen molar-refractivity contribution in [1.82, 2.24) is 14.4 Å². The number of nitrogens with one attached hydrogen (secondary N) is 1. The monoisotopic (exact) mass is 386 g/mol. The maximum absolute atomic E-state index is 12.5. The Hall–Kier alpha value is -3.67. The highest BCUT2D eigenvalue weighted by molar-refractivity contribution is 5.93. The normalized spacial score (nSPS) is 10.8. The number of aromatic nitrogens is 3. The van der Waals surface area contributed by atoms with Gasteiger partial charge in [0.25, 0.3) is 0 Å². The van der Waals surface area contributed by atoms with Crippen LogP contribution in [0.25, 0.3) is 17.0 Å². The van der Waals surface area contributed by atoms with E-state index in [1.807, 2.05) is 59.3 Å². The zero-order chi connectivity index (χ0) is 20.1. The number of aryl methyl sites for hydroxylation is 1. The van der Waals surface area contributed by atoms with Crippen molar-refractivity contribution in [2.45, 2.75) is 19.3 Å². The maximum Gasteiger partial charge on any atom is 0.234 e.